The van der Waals surface area contributed by atoms with E-state index in [4.69, 9.17) is 0 Å². The second-order valence-electron chi connectivity index (χ2n) is 4.27. The van der Waals surface area contributed by atoms with Crippen LogP contribution in [0.5, 0.6) is 0 Å². The fourth-order valence-electron chi connectivity index (χ4n) is 1.87. The van der Waals surface area contributed by atoms with Gasteiger partial charge in [-0.25, -0.2) is 4.98 Å². The van der Waals surface area contributed by atoms with E-state index < -0.39 is 0 Å². The second-order valence-corrected chi connectivity index (χ2v) is 5.22. The van der Waals surface area contributed by atoms with Crippen molar-refractivity contribution in [2.45, 2.75) is 6.92 Å². The lowest BCUT2D eigenvalue weighted by atomic mass is 10.2. The number of hydrogen-bond acceptors (Lipinski definition) is 5. The first kappa shape index (κ1) is 11.9. The zero-order chi connectivity index (χ0) is 13.2. The van der Waals surface area contributed by atoms with Gasteiger partial charge in [-0.15, -0.1) is 11.3 Å². The van der Waals surface area contributed by atoms with Crippen molar-refractivity contribution in [2.75, 3.05) is 17.7 Å². The van der Waals surface area contributed by atoms with E-state index in [9.17, 15) is 0 Å². The highest BCUT2D eigenvalue weighted by Crippen LogP contribution is 2.26. The van der Waals surface area contributed by atoms with Gasteiger partial charge in [0.25, 0.3) is 0 Å². The quantitative estimate of drug-likeness (QED) is 0.760. The number of benzene rings is 1. The first-order valence-corrected chi connectivity index (χ1v) is 6.90. The van der Waals surface area contributed by atoms with Crippen LogP contribution in [0.3, 0.4) is 0 Å². The molecule has 0 unspecified atom stereocenters. The molecule has 5 heteroatoms. The number of nitrogens with zero attached hydrogens (tertiary/aromatic N) is 2. The molecular formula is C14H14N4S. The van der Waals surface area contributed by atoms with Crippen LogP contribution in [0.4, 0.5) is 17.5 Å². The minimum atomic E-state index is 0.615. The Morgan fingerprint density at radius 1 is 1.21 bits per heavy atom. The predicted octanol–water partition coefficient (Wildman–Crippen LogP) is 3.79. The molecule has 0 bridgehead atoms. The van der Waals surface area contributed by atoms with Gasteiger partial charge in [0.05, 0.1) is 0 Å². The Kier molecular flexibility index (Phi) is 3.05. The molecular weight excluding hydrogens is 256 g/mol. The molecule has 0 saturated heterocycles. The Morgan fingerprint density at radius 2 is 2.11 bits per heavy atom. The lowest BCUT2D eigenvalue weighted by Crippen LogP contribution is -2.02. The van der Waals surface area contributed by atoms with Gasteiger partial charge in [0.2, 0.25) is 5.95 Å². The maximum absolute atomic E-state index is 4.42. The van der Waals surface area contributed by atoms with Crippen molar-refractivity contribution in [3.8, 4) is 0 Å². The van der Waals surface area contributed by atoms with E-state index in [0.717, 1.165) is 17.1 Å². The highest BCUT2D eigenvalue weighted by Gasteiger charge is 2.04. The van der Waals surface area contributed by atoms with Crippen LogP contribution in [-0.4, -0.2) is 17.0 Å². The molecule has 0 atom stereocenters. The maximum atomic E-state index is 4.42. The summed E-state index contributed by atoms with van der Waals surface area (Å²) in [4.78, 5) is 8.60. The van der Waals surface area contributed by atoms with Gasteiger partial charge in [-0.05, 0) is 42.0 Å². The lowest BCUT2D eigenvalue weighted by Gasteiger charge is -2.09. The van der Waals surface area contributed by atoms with Gasteiger partial charge in [-0.1, -0.05) is 0 Å². The third-order valence-electron chi connectivity index (χ3n) is 2.91. The van der Waals surface area contributed by atoms with Crippen LogP contribution < -0.4 is 10.6 Å². The molecule has 0 aliphatic heterocycles. The van der Waals surface area contributed by atoms with Gasteiger partial charge in [0, 0.05) is 29.2 Å². The summed E-state index contributed by atoms with van der Waals surface area (Å²) in [5.74, 6) is 1.44. The fourth-order valence-corrected chi connectivity index (χ4v) is 2.64. The normalized spacial score (nSPS) is 10.6. The van der Waals surface area contributed by atoms with Crippen LogP contribution in [0.15, 0.2) is 35.8 Å². The van der Waals surface area contributed by atoms with Crippen molar-refractivity contribution in [1.29, 1.82) is 0 Å². The average molecular weight is 270 g/mol. The second kappa shape index (κ2) is 4.85. The summed E-state index contributed by atoms with van der Waals surface area (Å²) >= 11 is 1.75. The smallest absolute Gasteiger partial charge is 0.224 e. The first-order chi connectivity index (χ1) is 9.26. The van der Waals surface area contributed by atoms with E-state index in [1.165, 1.54) is 10.1 Å². The zero-order valence-electron chi connectivity index (χ0n) is 10.8. The molecule has 4 nitrogen and oxygen atoms in total. The monoisotopic (exact) mass is 270 g/mol. The Bertz CT molecular complexity index is 720. The Balaban J connectivity index is 1.95. The van der Waals surface area contributed by atoms with Crippen LogP contribution >= 0.6 is 11.3 Å². The van der Waals surface area contributed by atoms with E-state index in [-0.39, 0.29) is 0 Å². The molecule has 0 saturated carbocycles. The number of fused-ring (bicyclic) bond motifs is 1. The summed E-state index contributed by atoms with van der Waals surface area (Å²) in [6.07, 6.45) is 1.81. The molecule has 0 aliphatic rings. The van der Waals surface area contributed by atoms with Gasteiger partial charge < -0.3 is 10.6 Å². The van der Waals surface area contributed by atoms with Crippen LogP contribution in [0, 0.1) is 6.92 Å². The molecule has 2 heterocycles. The lowest BCUT2D eigenvalue weighted by molar-refractivity contribution is 1.12. The van der Waals surface area contributed by atoms with Crippen molar-refractivity contribution in [2.24, 2.45) is 0 Å². The Labute approximate surface area is 115 Å². The highest BCUT2D eigenvalue weighted by molar-refractivity contribution is 7.17. The molecule has 0 amide bonds. The molecule has 0 radical (unpaired) electrons. The largest absolute Gasteiger partial charge is 0.357 e. The molecule has 19 heavy (non-hydrogen) atoms. The number of thiophene rings is 1. The third-order valence-corrected chi connectivity index (χ3v) is 3.81. The predicted molar refractivity (Wildman–Crippen MR) is 81.4 cm³/mol. The van der Waals surface area contributed by atoms with Gasteiger partial charge in [0.1, 0.15) is 5.82 Å². The molecule has 3 aromatic rings. The minimum absolute atomic E-state index is 0.615. The Hall–Kier alpha value is -2.14. The first-order valence-electron chi connectivity index (χ1n) is 6.02. The average Bonchev–Trinajstić information content (AvgIpc) is 2.89. The summed E-state index contributed by atoms with van der Waals surface area (Å²) < 4.78 is 1.29. The van der Waals surface area contributed by atoms with Crippen LogP contribution in [0.25, 0.3) is 10.1 Å². The van der Waals surface area contributed by atoms with Crippen molar-refractivity contribution in [1.82, 2.24) is 9.97 Å². The van der Waals surface area contributed by atoms with Crippen LogP contribution in [0.1, 0.15) is 5.56 Å². The highest BCUT2D eigenvalue weighted by atomic mass is 32.1. The summed E-state index contributed by atoms with van der Waals surface area (Å²) in [5.41, 5.74) is 2.05. The van der Waals surface area contributed by atoms with Crippen molar-refractivity contribution in [3.63, 3.8) is 0 Å². The number of anilines is 3. The van der Waals surface area contributed by atoms with Gasteiger partial charge in [0.15, 0.2) is 0 Å². The molecule has 0 aliphatic carbocycles. The van der Waals surface area contributed by atoms with Crippen molar-refractivity contribution >= 4 is 38.9 Å². The summed E-state index contributed by atoms with van der Waals surface area (Å²) in [6.45, 7) is 1.99. The molecule has 96 valence electrons. The van der Waals surface area contributed by atoms with Gasteiger partial charge >= 0.3 is 0 Å². The minimum Gasteiger partial charge on any atom is -0.357 e. The molecule has 2 aromatic heterocycles. The van der Waals surface area contributed by atoms with E-state index >= 15 is 0 Å². The van der Waals surface area contributed by atoms with E-state index in [0.29, 0.717) is 5.95 Å². The summed E-state index contributed by atoms with van der Waals surface area (Å²) in [5, 5.41) is 9.63. The molecule has 0 fully saturated rings. The van der Waals surface area contributed by atoms with Crippen LogP contribution in [0.2, 0.25) is 0 Å². The van der Waals surface area contributed by atoms with Crippen LogP contribution in [-0.2, 0) is 0 Å². The van der Waals surface area contributed by atoms with E-state index in [1.54, 1.807) is 11.3 Å². The van der Waals surface area contributed by atoms with E-state index in [2.05, 4.69) is 50.2 Å². The molecule has 3 rings (SSSR count). The number of aromatic nitrogens is 2. The number of aryl methyl sites for hydroxylation is 1. The SMILES string of the molecule is CNc1ncc(C)c(Nc2ccc3sccc3c2)n1. The standard InChI is InChI=1S/C14H14N4S/c1-9-8-16-14(15-2)18-13(9)17-11-3-4-12-10(7-11)5-6-19-12/h3-8H,1-2H3,(H2,15,16,17,18). The van der Waals surface area contributed by atoms with Gasteiger partial charge in [-0.2, -0.15) is 4.98 Å². The van der Waals surface area contributed by atoms with Crippen molar-refractivity contribution < 1.29 is 0 Å². The fraction of sp³-hybridized carbons (Fsp3) is 0.143. The molecule has 2 N–H and O–H groups in total. The zero-order valence-corrected chi connectivity index (χ0v) is 11.6. The third kappa shape index (κ3) is 2.37. The number of hydrogen-bond donors (Lipinski definition) is 2. The number of nitrogens with one attached hydrogen (secondary N) is 2. The van der Waals surface area contributed by atoms with E-state index in [1.807, 2.05) is 20.2 Å². The summed E-state index contributed by atoms with van der Waals surface area (Å²) in [6, 6.07) is 8.45. The summed E-state index contributed by atoms with van der Waals surface area (Å²) in [7, 11) is 1.81. The van der Waals surface area contributed by atoms with Gasteiger partial charge in [-0.3, -0.25) is 0 Å². The Morgan fingerprint density at radius 3 is 2.95 bits per heavy atom. The molecule has 0 spiro atoms. The van der Waals surface area contributed by atoms with Crippen molar-refractivity contribution in [3.05, 3.63) is 41.4 Å². The maximum Gasteiger partial charge on any atom is 0.224 e. The topological polar surface area (TPSA) is 49.8 Å². The molecule has 1 aromatic carbocycles. The number of rotatable bonds is 3.